The summed E-state index contributed by atoms with van der Waals surface area (Å²) in [6.45, 7) is 1.78. The molecule has 0 atom stereocenters. The lowest BCUT2D eigenvalue weighted by atomic mass is 10.1. The van der Waals surface area contributed by atoms with Crippen LogP contribution in [0.25, 0.3) is 5.57 Å². The Hall–Kier alpha value is -3.55. The Morgan fingerprint density at radius 2 is 1.96 bits per heavy atom. The first kappa shape index (κ1) is 18.2. The van der Waals surface area contributed by atoms with Gasteiger partial charge in [0.05, 0.1) is 19.3 Å². The van der Waals surface area contributed by atoms with Gasteiger partial charge in [0.15, 0.2) is 0 Å². The highest BCUT2D eigenvalue weighted by molar-refractivity contribution is 6.35. The number of halogens is 1. The van der Waals surface area contributed by atoms with E-state index in [4.69, 9.17) is 11.1 Å². The van der Waals surface area contributed by atoms with Crippen molar-refractivity contribution in [1.82, 2.24) is 4.98 Å². The van der Waals surface area contributed by atoms with Gasteiger partial charge in [0.1, 0.15) is 23.3 Å². The molecule has 0 saturated carbocycles. The second-order valence-electron chi connectivity index (χ2n) is 5.80. The van der Waals surface area contributed by atoms with E-state index in [1.807, 2.05) is 0 Å². The zero-order valence-electron chi connectivity index (χ0n) is 14.6. The van der Waals surface area contributed by atoms with E-state index < -0.39 is 0 Å². The summed E-state index contributed by atoms with van der Waals surface area (Å²) >= 11 is 0. The van der Waals surface area contributed by atoms with Crippen molar-refractivity contribution in [3.05, 3.63) is 59.5 Å². The number of nitrogens with zero attached hydrogens (tertiary/aromatic N) is 3. The van der Waals surface area contributed by atoms with Crippen LogP contribution in [0.3, 0.4) is 0 Å². The summed E-state index contributed by atoms with van der Waals surface area (Å²) in [5.41, 5.74) is 7.84. The van der Waals surface area contributed by atoms with Crippen LogP contribution >= 0.6 is 0 Å². The number of benzene rings is 1. The Kier molecular flexibility index (Phi) is 5.88. The Morgan fingerprint density at radius 3 is 2.63 bits per heavy atom. The van der Waals surface area contributed by atoms with Crippen molar-refractivity contribution in [2.45, 2.75) is 6.54 Å². The predicted octanol–water partition coefficient (Wildman–Crippen LogP) is 2.68. The molecule has 7 nitrogen and oxygen atoms in total. The Bertz CT molecular complexity index is 901. The van der Waals surface area contributed by atoms with Gasteiger partial charge in [-0.2, -0.15) is 0 Å². The van der Waals surface area contributed by atoms with Gasteiger partial charge < -0.3 is 21.8 Å². The van der Waals surface area contributed by atoms with Crippen molar-refractivity contribution in [2.24, 2.45) is 15.7 Å². The third-order valence-corrected chi connectivity index (χ3v) is 3.86. The van der Waals surface area contributed by atoms with Gasteiger partial charge in [-0.3, -0.25) is 9.98 Å². The number of aromatic nitrogens is 1. The average molecular weight is 365 g/mol. The third kappa shape index (κ3) is 4.97. The lowest BCUT2D eigenvalue weighted by Gasteiger charge is -2.13. The summed E-state index contributed by atoms with van der Waals surface area (Å²) in [5, 5.41) is 13.9. The van der Waals surface area contributed by atoms with Crippen LogP contribution in [-0.4, -0.2) is 36.3 Å². The Morgan fingerprint density at radius 1 is 1.19 bits per heavy atom. The van der Waals surface area contributed by atoms with Gasteiger partial charge in [0, 0.05) is 24.5 Å². The van der Waals surface area contributed by atoms with Crippen molar-refractivity contribution in [1.29, 1.82) is 5.41 Å². The standard InChI is InChI=1S/C19H20FN7/c20-16-3-1-13(2-4-16)11-25-17-7-14(15(9-21)10-22)8-18(26-17)27-19-12-23-5-6-24-19/h1-4,7-10,12,21H,5-6,11,22H2,(H2,24,25,26,27)/b15-10+,21-9?. The molecule has 0 saturated heterocycles. The van der Waals surface area contributed by atoms with E-state index in [1.54, 1.807) is 30.5 Å². The number of nitrogens with two attached hydrogens (primary N) is 1. The molecule has 1 aliphatic heterocycles. The van der Waals surface area contributed by atoms with E-state index in [-0.39, 0.29) is 5.82 Å². The molecule has 0 spiro atoms. The fourth-order valence-electron chi connectivity index (χ4n) is 2.50. The number of amidine groups is 1. The summed E-state index contributed by atoms with van der Waals surface area (Å²) in [6.07, 6.45) is 4.22. The van der Waals surface area contributed by atoms with Crippen molar-refractivity contribution < 1.29 is 4.39 Å². The lowest BCUT2D eigenvalue weighted by Crippen LogP contribution is -2.19. The molecule has 2 aromatic rings. The first-order chi connectivity index (χ1) is 13.2. The molecule has 1 aliphatic rings. The fraction of sp³-hybridized carbons (Fsp3) is 0.158. The molecule has 3 rings (SSSR count). The molecule has 0 amide bonds. The van der Waals surface area contributed by atoms with Crippen LogP contribution in [0.15, 0.2) is 52.6 Å². The van der Waals surface area contributed by atoms with Crippen molar-refractivity contribution in [2.75, 3.05) is 23.7 Å². The van der Waals surface area contributed by atoms with E-state index in [9.17, 15) is 4.39 Å². The summed E-state index contributed by atoms with van der Waals surface area (Å²) in [5.74, 6) is 1.50. The topological polar surface area (TPSA) is 112 Å². The van der Waals surface area contributed by atoms with Crippen LogP contribution in [0.2, 0.25) is 0 Å². The van der Waals surface area contributed by atoms with Gasteiger partial charge in [-0.25, -0.2) is 9.37 Å². The number of nitrogens with one attached hydrogen (secondary N) is 3. The van der Waals surface area contributed by atoms with Gasteiger partial charge in [-0.05, 0) is 35.4 Å². The zero-order valence-corrected chi connectivity index (χ0v) is 14.6. The van der Waals surface area contributed by atoms with Crippen LogP contribution in [-0.2, 0) is 6.54 Å². The van der Waals surface area contributed by atoms with Crippen molar-refractivity contribution in [3.63, 3.8) is 0 Å². The van der Waals surface area contributed by atoms with Crippen LogP contribution in [0.1, 0.15) is 11.1 Å². The minimum absolute atomic E-state index is 0.274. The van der Waals surface area contributed by atoms with E-state index in [2.05, 4.69) is 25.6 Å². The summed E-state index contributed by atoms with van der Waals surface area (Å²) in [4.78, 5) is 13.1. The maximum atomic E-state index is 13.0. The minimum Gasteiger partial charge on any atom is -0.404 e. The highest BCUT2D eigenvalue weighted by Crippen LogP contribution is 2.21. The maximum Gasteiger partial charge on any atom is 0.144 e. The molecule has 0 unspecified atom stereocenters. The minimum atomic E-state index is -0.274. The summed E-state index contributed by atoms with van der Waals surface area (Å²) < 4.78 is 13.0. The molecule has 1 aromatic carbocycles. The highest BCUT2D eigenvalue weighted by atomic mass is 19.1. The molecule has 5 N–H and O–H groups in total. The van der Waals surface area contributed by atoms with Gasteiger partial charge in [-0.15, -0.1) is 0 Å². The summed E-state index contributed by atoms with van der Waals surface area (Å²) in [7, 11) is 0. The largest absolute Gasteiger partial charge is 0.404 e. The average Bonchev–Trinajstić information content (AvgIpc) is 2.69. The summed E-state index contributed by atoms with van der Waals surface area (Å²) in [6, 6.07) is 9.84. The molecule has 0 fully saturated rings. The quantitative estimate of drug-likeness (QED) is 0.590. The molecular formula is C19H20FN7. The van der Waals surface area contributed by atoms with Gasteiger partial charge in [-0.1, -0.05) is 12.1 Å². The smallest absolute Gasteiger partial charge is 0.144 e. The fourth-order valence-corrected chi connectivity index (χ4v) is 2.50. The number of rotatable bonds is 6. The molecule has 0 bridgehead atoms. The number of hydrogen-bond acceptors (Lipinski definition) is 7. The van der Waals surface area contributed by atoms with E-state index in [1.165, 1.54) is 24.5 Å². The highest BCUT2D eigenvalue weighted by Gasteiger charge is 2.08. The van der Waals surface area contributed by atoms with Crippen molar-refractivity contribution in [3.8, 4) is 0 Å². The molecule has 138 valence electrons. The van der Waals surface area contributed by atoms with Gasteiger partial charge in [0.25, 0.3) is 0 Å². The van der Waals surface area contributed by atoms with Crippen molar-refractivity contribution >= 4 is 35.5 Å². The Labute approximate surface area is 156 Å². The number of hydrogen-bond donors (Lipinski definition) is 4. The normalized spacial score (nSPS) is 13.8. The number of anilines is 2. The molecule has 2 heterocycles. The monoisotopic (exact) mass is 365 g/mol. The van der Waals surface area contributed by atoms with Gasteiger partial charge >= 0.3 is 0 Å². The lowest BCUT2D eigenvalue weighted by molar-refractivity contribution is 0.627. The second kappa shape index (κ2) is 8.70. The third-order valence-electron chi connectivity index (χ3n) is 3.86. The zero-order chi connectivity index (χ0) is 19.1. The molecule has 0 radical (unpaired) electrons. The maximum absolute atomic E-state index is 13.0. The molecule has 8 heteroatoms. The molecule has 27 heavy (non-hydrogen) atoms. The van der Waals surface area contributed by atoms with Crippen LogP contribution in [0, 0.1) is 11.2 Å². The first-order valence-corrected chi connectivity index (χ1v) is 8.42. The molecule has 0 aliphatic carbocycles. The molecule has 1 aromatic heterocycles. The predicted molar refractivity (Wildman–Crippen MR) is 108 cm³/mol. The number of allylic oxidation sites excluding steroid dienone is 1. The van der Waals surface area contributed by atoms with Gasteiger partial charge in [0.2, 0.25) is 0 Å². The van der Waals surface area contributed by atoms with E-state index >= 15 is 0 Å². The SMILES string of the molecule is N=C/C(=C\N)c1cc(NCc2ccc(F)cc2)nc(NC2=NCCN=C2)c1. The number of pyridine rings is 1. The van der Waals surface area contributed by atoms with E-state index in [0.29, 0.717) is 42.7 Å². The van der Waals surface area contributed by atoms with Crippen LogP contribution < -0.4 is 16.4 Å². The second-order valence-corrected chi connectivity index (χ2v) is 5.80. The van der Waals surface area contributed by atoms with Crippen LogP contribution in [0.5, 0.6) is 0 Å². The first-order valence-electron chi connectivity index (χ1n) is 8.42. The van der Waals surface area contributed by atoms with Crippen LogP contribution in [0.4, 0.5) is 16.0 Å². The Balaban J connectivity index is 1.84. The number of aliphatic imine (C=N–C) groups is 2. The van der Waals surface area contributed by atoms with E-state index in [0.717, 1.165) is 11.1 Å². The molecular weight excluding hydrogens is 345 g/mol.